The predicted molar refractivity (Wildman–Crippen MR) is 75.3 cm³/mol. The van der Waals surface area contributed by atoms with E-state index >= 15 is 0 Å². The third-order valence-electron chi connectivity index (χ3n) is 2.91. The maximum absolute atomic E-state index is 11.9. The summed E-state index contributed by atoms with van der Waals surface area (Å²) >= 11 is 0. The van der Waals surface area contributed by atoms with Crippen LogP contribution in [0.4, 0.5) is 5.82 Å². The molecule has 0 saturated carbocycles. The van der Waals surface area contributed by atoms with E-state index in [0.717, 1.165) is 6.42 Å². The number of furan rings is 1. The molecule has 0 radical (unpaired) electrons. The fourth-order valence-electron chi connectivity index (χ4n) is 1.56. The lowest BCUT2D eigenvalue weighted by atomic mass is 10.2. The first kappa shape index (κ1) is 14.0. The highest BCUT2D eigenvalue weighted by molar-refractivity contribution is 5.92. The first-order chi connectivity index (χ1) is 9.69. The van der Waals surface area contributed by atoms with E-state index in [-0.39, 0.29) is 11.6 Å². The van der Waals surface area contributed by atoms with Crippen molar-refractivity contribution in [2.45, 2.75) is 32.9 Å². The molecule has 0 aliphatic heterocycles. The second-order valence-corrected chi connectivity index (χ2v) is 4.52. The van der Waals surface area contributed by atoms with Crippen LogP contribution >= 0.6 is 0 Å². The molecule has 106 valence electrons. The van der Waals surface area contributed by atoms with Crippen LogP contribution in [0.2, 0.25) is 0 Å². The van der Waals surface area contributed by atoms with Crippen LogP contribution in [0, 0.1) is 0 Å². The number of anilines is 1. The summed E-state index contributed by atoms with van der Waals surface area (Å²) in [4.78, 5) is 11.9. The molecule has 1 atom stereocenters. The number of nitrogens with one attached hydrogen (secondary N) is 2. The van der Waals surface area contributed by atoms with Crippen LogP contribution in [0.25, 0.3) is 0 Å². The number of nitrogens with zero attached hydrogens (tertiary/aromatic N) is 2. The Morgan fingerprint density at radius 3 is 2.80 bits per heavy atom. The zero-order valence-corrected chi connectivity index (χ0v) is 11.6. The first-order valence-electron chi connectivity index (χ1n) is 6.60. The number of amides is 1. The lowest BCUT2D eigenvalue weighted by Gasteiger charge is -2.11. The predicted octanol–water partition coefficient (Wildman–Crippen LogP) is 2.21. The fraction of sp³-hybridized carbons (Fsp3) is 0.357. The molecular weight excluding hydrogens is 256 g/mol. The first-order valence-corrected chi connectivity index (χ1v) is 6.60. The molecule has 0 spiro atoms. The Bertz CT molecular complexity index is 537. The van der Waals surface area contributed by atoms with Crippen molar-refractivity contribution in [3.8, 4) is 0 Å². The number of carbonyl (C=O) groups is 1. The molecule has 2 N–H and O–H groups in total. The smallest absolute Gasteiger partial charge is 0.272 e. The van der Waals surface area contributed by atoms with Gasteiger partial charge in [-0.2, -0.15) is 0 Å². The maximum Gasteiger partial charge on any atom is 0.272 e. The molecule has 2 rings (SSSR count). The van der Waals surface area contributed by atoms with E-state index in [1.54, 1.807) is 30.5 Å². The Kier molecular flexibility index (Phi) is 4.70. The van der Waals surface area contributed by atoms with Crippen molar-refractivity contribution in [2.24, 2.45) is 0 Å². The van der Waals surface area contributed by atoms with Crippen molar-refractivity contribution in [3.05, 3.63) is 42.0 Å². The Morgan fingerprint density at radius 1 is 1.35 bits per heavy atom. The molecule has 1 amide bonds. The van der Waals surface area contributed by atoms with Crippen molar-refractivity contribution in [3.63, 3.8) is 0 Å². The lowest BCUT2D eigenvalue weighted by molar-refractivity contribution is 0.0942. The summed E-state index contributed by atoms with van der Waals surface area (Å²) in [5.74, 6) is 1.09. The third kappa shape index (κ3) is 3.81. The highest BCUT2D eigenvalue weighted by atomic mass is 16.3. The molecule has 0 aliphatic rings. The molecule has 0 aromatic carbocycles. The minimum absolute atomic E-state index is 0.274. The van der Waals surface area contributed by atoms with Crippen molar-refractivity contribution >= 4 is 11.7 Å². The summed E-state index contributed by atoms with van der Waals surface area (Å²) in [7, 11) is 0. The van der Waals surface area contributed by atoms with Crippen molar-refractivity contribution in [1.29, 1.82) is 0 Å². The summed E-state index contributed by atoms with van der Waals surface area (Å²) in [6, 6.07) is 7.29. The van der Waals surface area contributed by atoms with Crippen LogP contribution in [-0.4, -0.2) is 22.1 Å². The monoisotopic (exact) mass is 274 g/mol. The summed E-state index contributed by atoms with van der Waals surface area (Å²) in [5.41, 5.74) is 0.284. The Labute approximate surface area is 117 Å². The average molecular weight is 274 g/mol. The largest absolute Gasteiger partial charge is 0.467 e. The number of hydrogen-bond acceptors (Lipinski definition) is 5. The molecule has 6 heteroatoms. The molecule has 1 unspecified atom stereocenters. The zero-order chi connectivity index (χ0) is 14.4. The zero-order valence-electron chi connectivity index (χ0n) is 11.6. The summed E-state index contributed by atoms with van der Waals surface area (Å²) < 4.78 is 5.13. The maximum atomic E-state index is 11.9. The van der Waals surface area contributed by atoms with E-state index in [4.69, 9.17) is 4.42 Å². The second-order valence-electron chi connectivity index (χ2n) is 4.52. The van der Waals surface area contributed by atoms with Gasteiger partial charge in [0, 0.05) is 6.04 Å². The van der Waals surface area contributed by atoms with Crippen LogP contribution in [0.15, 0.2) is 34.9 Å². The van der Waals surface area contributed by atoms with Crippen molar-refractivity contribution in [2.75, 3.05) is 5.32 Å². The number of carbonyl (C=O) groups excluding carboxylic acids is 1. The Balaban J connectivity index is 1.90. The van der Waals surface area contributed by atoms with Gasteiger partial charge < -0.3 is 15.1 Å². The normalized spacial score (nSPS) is 11.9. The Morgan fingerprint density at radius 2 is 2.20 bits per heavy atom. The summed E-state index contributed by atoms with van der Waals surface area (Å²) in [5, 5.41) is 13.8. The van der Waals surface area contributed by atoms with Gasteiger partial charge in [-0.3, -0.25) is 4.79 Å². The molecule has 20 heavy (non-hydrogen) atoms. The van der Waals surface area contributed by atoms with Crippen molar-refractivity contribution in [1.82, 2.24) is 15.5 Å². The van der Waals surface area contributed by atoms with Crippen LogP contribution in [-0.2, 0) is 6.54 Å². The van der Waals surface area contributed by atoms with E-state index < -0.39 is 0 Å². The molecule has 0 bridgehead atoms. The minimum Gasteiger partial charge on any atom is -0.467 e. The van der Waals surface area contributed by atoms with Crippen molar-refractivity contribution < 1.29 is 9.21 Å². The number of aromatic nitrogens is 2. The van der Waals surface area contributed by atoms with Gasteiger partial charge in [-0.1, -0.05) is 6.92 Å². The molecular formula is C14H18N4O2. The van der Waals surface area contributed by atoms with E-state index in [1.165, 1.54) is 0 Å². The molecule has 0 fully saturated rings. The van der Waals surface area contributed by atoms with Gasteiger partial charge >= 0.3 is 0 Å². The number of hydrogen-bond donors (Lipinski definition) is 2. The van der Waals surface area contributed by atoms with E-state index in [2.05, 4.69) is 34.7 Å². The van der Waals surface area contributed by atoms with Gasteiger partial charge in [0.1, 0.15) is 11.6 Å². The van der Waals surface area contributed by atoms with Gasteiger partial charge in [0.25, 0.3) is 5.91 Å². The molecule has 0 saturated heterocycles. The molecule has 2 heterocycles. The second kappa shape index (κ2) is 6.70. The summed E-state index contributed by atoms with van der Waals surface area (Å²) in [6.07, 6.45) is 2.56. The number of rotatable bonds is 6. The average Bonchev–Trinajstić information content (AvgIpc) is 2.98. The van der Waals surface area contributed by atoms with Gasteiger partial charge in [-0.15, -0.1) is 10.2 Å². The van der Waals surface area contributed by atoms with Gasteiger partial charge in [0.05, 0.1) is 12.8 Å². The highest BCUT2D eigenvalue weighted by Crippen LogP contribution is 2.06. The lowest BCUT2D eigenvalue weighted by Crippen LogP contribution is -2.24. The third-order valence-corrected chi connectivity index (χ3v) is 2.91. The molecule has 2 aromatic rings. The highest BCUT2D eigenvalue weighted by Gasteiger charge is 2.09. The van der Waals surface area contributed by atoms with Crippen LogP contribution in [0.5, 0.6) is 0 Å². The quantitative estimate of drug-likeness (QED) is 0.844. The molecule has 0 aliphatic carbocycles. The standard InChI is InChI=1S/C14H18N4O2/c1-3-10(2)16-13-7-6-12(17-18-13)14(19)15-9-11-5-4-8-20-11/h4-8,10H,3,9H2,1-2H3,(H,15,19)(H,16,18). The van der Waals surface area contributed by atoms with Gasteiger partial charge in [-0.05, 0) is 37.6 Å². The molecule has 2 aromatic heterocycles. The van der Waals surface area contributed by atoms with Crippen LogP contribution < -0.4 is 10.6 Å². The van der Waals surface area contributed by atoms with E-state index in [0.29, 0.717) is 24.2 Å². The van der Waals surface area contributed by atoms with Gasteiger partial charge in [0.2, 0.25) is 0 Å². The minimum atomic E-state index is -0.274. The van der Waals surface area contributed by atoms with E-state index in [9.17, 15) is 4.79 Å². The van der Waals surface area contributed by atoms with E-state index in [1.807, 2.05) is 0 Å². The Hall–Kier alpha value is -2.37. The SMILES string of the molecule is CCC(C)Nc1ccc(C(=O)NCc2ccco2)nn1. The molecule has 6 nitrogen and oxygen atoms in total. The summed E-state index contributed by atoms with van der Waals surface area (Å²) in [6.45, 7) is 4.48. The van der Waals surface area contributed by atoms with Crippen LogP contribution in [0.3, 0.4) is 0 Å². The fourth-order valence-corrected chi connectivity index (χ4v) is 1.56. The van der Waals surface area contributed by atoms with Crippen LogP contribution in [0.1, 0.15) is 36.5 Å². The van der Waals surface area contributed by atoms with Gasteiger partial charge in [-0.25, -0.2) is 0 Å². The topological polar surface area (TPSA) is 80.0 Å². The van der Waals surface area contributed by atoms with Gasteiger partial charge in [0.15, 0.2) is 5.69 Å².